The van der Waals surface area contributed by atoms with Crippen molar-refractivity contribution < 1.29 is 9.18 Å². The highest BCUT2D eigenvalue weighted by atomic mass is 19.1. The first kappa shape index (κ1) is 20.4. The van der Waals surface area contributed by atoms with Crippen LogP contribution in [0.5, 0.6) is 0 Å². The van der Waals surface area contributed by atoms with Gasteiger partial charge in [-0.2, -0.15) is 5.10 Å². The van der Waals surface area contributed by atoms with E-state index in [4.69, 9.17) is 10.7 Å². The summed E-state index contributed by atoms with van der Waals surface area (Å²) in [5, 5.41) is 4.32. The largest absolute Gasteiger partial charge is 0.382 e. The van der Waals surface area contributed by atoms with E-state index in [-0.39, 0.29) is 23.2 Å². The molecular formula is C24H21FN8O. The van der Waals surface area contributed by atoms with Crippen LogP contribution >= 0.6 is 0 Å². The quantitative estimate of drug-likeness (QED) is 0.375. The minimum atomic E-state index is -0.412. The molecule has 2 aliphatic rings. The fourth-order valence-corrected chi connectivity index (χ4v) is 4.54. The monoisotopic (exact) mass is 456 g/mol. The van der Waals surface area contributed by atoms with Gasteiger partial charge in [-0.3, -0.25) is 4.79 Å². The molecule has 1 saturated heterocycles. The predicted octanol–water partition coefficient (Wildman–Crippen LogP) is 2.43. The fourth-order valence-electron chi connectivity index (χ4n) is 4.54. The maximum absolute atomic E-state index is 14.9. The van der Waals surface area contributed by atoms with E-state index in [1.54, 1.807) is 21.8 Å². The van der Waals surface area contributed by atoms with Gasteiger partial charge >= 0.3 is 0 Å². The number of anilines is 1. The van der Waals surface area contributed by atoms with E-state index in [2.05, 4.69) is 33.5 Å². The molecule has 1 unspecified atom stereocenters. The molecule has 0 spiro atoms. The minimum Gasteiger partial charge on any atom is -0.382 e. The van der Waals surface area contributed by atoms with Gasteiger partial charge in [0, 0.05) is 31.1 Å². The summed E-state index contributed by atoms with van der Waals surface area (Å²) in [6, 6.07) is 3.56. The molecule has 34 heavy (non-hydrogen) atoms. The number of aromatic nitrogens is 6. The Morgan fingerprint density at radius 1 is 1.24 bits per heavy atom. The molecule has 170 valence electrons. The molecule has 4 aromatic rings. The lowest BCUT2D eigenvalue weighted by Crippen LogP contribution is -2.26. The number of nitrogens with two attached hydrogens (primary N) is 1. The van der Waals surface area contributed by atoms with Gasteiger partial charge in [0.25, 0.3) is 0 Å². The second-order valence-corrected chi connectivity index (χ2v) is 8.65. The Kier molecular flexibility index (Phi) is 4.58. The molecule has 9 nitrogen and oxygen atoms in total. The second-order valence-electron chi connectivity index (χ2n) is 8.65. The lowest BCUT2D eigenvalue weighted by molar-refractivity contribution is -0.125. The zero-order valence-corrected chi connectivity index (χ0v) is 18.3. The van der Waals surface area contributed by atoms with Gasteiger partial charge in [0.05, 0.1) is 22.9 Å². The molecule has 2 N–H and O–H groups in total. The van der Waals surface area contributed by atoms with Crippen molar-refractivity contribution >= 4 is 28.3 Å². The number of rotatable bonds is 3. The Hall–Kier alpha value is -4.26. The third kappa shape index (κ3) is 3.28. The van der Waals surface area contributed by atoms with Gasteiger partial charge in [-0.25, -0.2) is 23.9 Å². The topological polar surface area (TPSA) is 107 Å². The Morgan fingerprint density at radius 2 is 2.09 bits per heavy atom. The maximum atomic E-state index is 14.9. The molecule has 1 saturated carbocycles. The molecule has 10 heteroatoms. The van der Waals surface area contributed by atoms with Crippen LogP contribution in [0.1, 0.15) is 48.3 Å². The van der Waals surface area contributed by atoms with Crippen molar-refractivity contribution in [3.05, 3.63) is 60.3 Å². The number of hydrogen-bond donors (Lipinski definition) is 1. The Morgan fingerprint density at radius 3 is 2.88 bits per heavy atom. The molecule has 1 amide bonds. The van der Waals surface area contributed by atoms with Crippen LogP contribution in [0.15, 0.2) is 37.4 Å². The van der Waals surface area contributed by atoms with E-state index in [0.717, 1.165) is 24.8 Å². The fraction of sp³-hybridized carbons (Fsp3) is 0.292. The number of nitrogen functional groups attached to an aromatic ring is 1. The van der Waals surface area contributed by atoms with Crippen molar-refractivity contribution in [3.63, 3.8) is 0 Å². The van der Waals surface area contributed by atoms with Gasteiger partial charge in [0.2, 0.25) is 5.91 Å². The number of nitrogens with zero attached hydrogens (tertiary/aromatic N) is 7. The zero-order valence-electron chi connectivity index (χ0n) is 18.3. The molecule has 2 fully saturated rings. The van der Waals surface area contributed by atoms with Crippen molar-refractivity contribution in [2.75, 3.05) is 18.8 Å². The number of imidazole rings is 2. The maximum Gasteiger partial charge on any atom is 0.245 e. The highest BCUT2D eigenvalue weighted by molar-refractivity contribution is 5.87. The van der Waals surface area contributed by atoms with Crippen LogP contribution in [0, 0.1) is 17.7 Å². The van der Waals surface area contributed by atoms with E-state index in [1.165, 1.54) is 18.5 Å². The van der Waals surface area contributed by atoms with Crippen LogP contribution in [0.2, 0.25) is 0 Å². The van der Waals surface area contributed by atoms with Gasteiger partial charge in [-0.1, -0.05) is 12.5 Å². The van der Waals surface area contributed by atoms with Gasteiger partial charge in [-0.05, 0) is 37.3 Å². The first-order valence-corrected chi connectivity index (χ1v) is 11.1. The molecule has 1 aliphatic heterocycles. The van der Waals surface area contributed by atoms with Crippen LogP contribution in [0.4, 0.5) is 10.2 Å². The highest BCUT2D eigenvalue weighted by Crippen LogP contribution is 2.37. The molecule has 1 aromatic carbocycles. The molecule has 3 aromatic heterocycles. The van der Waals surface area contributed by atoms with Crippen LogP contribution < -0.4 is 5.73 Å². The first-order chi connectivity index (χ1) is 16.5. The Bertz CT molecular complexity index is 1540. The summed E-state index contributed by atoms with van der Waals surface area (Å²) in [6.07, 6.45) is 7.33. The molecule has 6 rings (SSSR count). The smallest absolute Gasteiger partial charge is 0.245 e. The van der Waals surface area contributed by atoms with Crippen molar-refractivity contribution in [3.8, 4) is 11.8 Å². The highest BCUT2D eigenvalue weighted by Gasteiger charge is 2.31. The van der Waals surface area contributed by atoms with Gasteiger partial charge in [0.15, 0.2) is 5.82 Å². The summed E-state index contributed by atoms with van der Waals surface area (Å²) >= 11 is 0. The van der Waals surface area contributed by atoms with Crippen LogP contribution in [-0.2, 0) is 4.79 Å². The van der Waals surface area contributed by atoms with E-state index in [9.17, 15) is 9.18 Å². The Balaban J connectivity index is 1.39. The number of halogens is 1. The number of hydrogen-bond acceptors (Lipinski definition) is 6. The molecule has 0 radical (unpaired) electrons. The molecule has 1 atom stereocenters. The first-order valence-electron chi connectivity index (χ1n) is 11.1. The van der Waals surface area contributed by atoms with Crippen molar-refractivity contribution in [1.82, 2.24) is 34.0 Å². The summed E-state index contributed by atoms with van der Waals surface area (Å²) in [4.78, 5) is 26.9. The summed E-state index contributed by atoms with van der Waals surface area (Å²) < 4.78 is 18.5. The third-order valence-corrected chi connectivity index (χ3v) is 6.45. The SMILES string of the molecule is C=CC(=O)N1CCC(c2nc(C#Cc3cc4ncn(C5CC5)c4cc3F)c3c(N)ncnn23)C1. The number of carbonyl (C=O) groups is 1. The average Bonchev–Trinajstić information content (AvgIpc) is 3.25. The standard InChI is InChI=1S/C24H21FN8O/c1-2-21(34)31-8-7-15(11-31)24-30-18(22-23(26)27-12-29-33(22)24)6-3-14-9-19-20(10-17(14)25)32(13-28-19)16-4-5-16/h2,9-10,12-13,15-16H,1,4-5,7-8,11H2,(H2,26,27,29). The summed E-state index contributed by atoms with van der Waals surface area (Å²) in [6.45, 7) is 4.65. The van der Waals surface area contributed by atoms with Crippen LogP contribution in [-0.4, -0.2) is 53.0 Å². The summed E-state index contributed by atoms with van der Waals surface area (Å²) in [7, 11) is 0. The van der Waals surface area contributed by atoms with Crippen LogP contribution in [0.3, 0.4) is 0 Å². The molecular weight excluding hydrogens is 435 g/mol. The normalized spacial score (nSPS) is 17.8. The third-order valence-electron chi connectivity index (χ3n) is 6.45. The molecule has 1 aliphatic carbocycles. The van der Waals surface area contributed by atoms with E-state index >= 15 is 0 Å². The number of benzene rings is 1. The molecule has 4 heterocycles. The Labute approximate surface area is 194 Å². The van der Waals surface area contributed by atoms with E-state index in [0.29, 0.717) is 41.7 Å². The summed E-state index contributed by atoms with van der Waals surface area (Å²) in [5.74, 6) is 6.17. The zero-order chi connectivity index (χ0) is 23.4. The number of carbonyl (C=O) groups excluding carboxylic acids is 1. The minimum absolute atomic E-state index is 0.0410. The van der Waals surface area contributed by atoms with E-state index in [1.807, 2.05) is 4.57 Å². The van der Waals surface area contributed by atoms with Crippen molar-refractivity contribution in [2.24, 2.45) is 0 Å². The van der Waals surface area contributed by atoms with Crippen molar-refractivity contribution in [2.45, 2.75) is 31.2 Å². The molecule has 0 bridgehead atoms. The number of fused-ring (bicyclic) bond motifs is 2. The van der Waals surface area contributed by atoms with Gasteiger partial charge in [0.1, 0.15) is 29.2 Å². The average molecular weight is 456 g/mol. The second kappa shape index (κ2) is 7.66. The van der Waals surface area contributed by atoms with Gasteiger partial charge in [-0.15, -0.1) is 0 Å². The van der Waals surface area contributed by atoms with Gasteiger partial charge < -0.3 is 15.2 Å². The number of amides is 1. The summed E-state index contributed by atoms with van der Waals surface area (Å²) in [5.41, 5.74) is 8.68. The lowest BCUT2D eigenvalue weighted by atomic mass is 10.1. The van der Waals surface area contributed by atoms with Crippen molar-refractivity contribution in [1.29, 1.82) is 0 Å². The predicted molar refractivity (Wildman–Crippen MR) is 123 cm³/mol. The lowest BCUT2D eigenvalue weighted by Gasteiger charge is -2.13. The number of likely N-dealkylation sites (tertiary alicyclic amines) is 1. The van der Waals surface area contributed by atoms with E-state index < -0.39 is 5.82 Å². The van der Waals surface area contributed by atoms with Crippen LogP contribution in [0.25, 0.3) is 16.6 Å².